The lowest BCUT2D eigenvalue weighted by atomic mass is 10.1. The number of hydroxylamine groups is 1. The third-order valence-electron chi connectivity index (χ3n) is 5.33. The van der Waals surface area contributed by atoms with Gasteiger partial charge in [-0.15, -0.1) is 6.42 Å². The van der Waals surface area contributed by atoms with Crippen molar-refractivity contribution in [2.75, 3.05) is 12.9 Å². The number of hydrogen-bond donors (Lipinski definition) is 1. The first kappa shape index (κ1) is 21.3. The van der Waals surface area contributed by atoms with E-state index in [0.717, 1.165) is 35.6 Å². The molecule has 1 unspecified atom stereocenters. The maximum absolute atomic E-state index is 12.7. The van der Waals surface area contributed by atoms with Crippen LogP contribution in [0.4, 0.5) is 0 Å². The van der Waals surface area contributed by atoms with Crippen LogP contribution in [0.2, 0.25) is 0 Å². The molecule has 1 aromatic heterocycles. The Hall–Kier alpha value is -2.41. The number of fused-ring (bicyclic) bond motifs is 1. The first-order valence-electron chi connectivity index (χ1n) is 9.44. The Bertz CT molecular complexity index is 1030. The molecule has 29 heavy (non-hydrogen) atoms. The van der Waals surface area contributed by atoms with Gasteiger partial charge < -0.3 is 4.74 Å². The fraction of sp³-hybridized carbons (Fsp3) is 0.500. The van der Waals surface area contributed by atoms with E-state index in [4.69, 9.17) is 16.0 Å². The predicted molar refractivity (Wildman–Crippen MR) is 108 cm³/mol. The van der Waals surface area contributed by atoms with Crippen molar-refractivity contribution in [1.29, 1.82) is 0 Å². The highest BCUT2D eigenvalue weighted by molar-refractivity contribution is 7.92. The number of ether oxygens (including phenoxy) is 1. The highest BCUT2D eigenvalue weighted by atomic mass is 32.2. The van der Waals surface area contributed by atoms with Crippen LogP contribution in [0.1, 0.15) is 38.2 Å². The molecule has 1 aliphatic rings. The van der Waals surface area contributed by atoms with Crippen molar-refractivity contribution in [2.45, 2.75) is 50.2 Å². The molecule has 0 saturated carbocycles. The number of nitrogens with zero attached hydrogens (tertiary/aromatic N) is 2. The molecule has 156 valence electrons. The second-order valence-corrected chi connectivity index (χ2v) is 9.83. The fourth-order valence-electron chi connectivity index (χ4n) is 3.17. The van der Waals surface area contributed by atoms with Gasteiger partial charge in [0.1, 0.15) is 0 Å². The molecule has 9 heteroatoms. The van der Waals surface area contributed by atoms with Crippen LogP contribution < -0.4 is 5.48 Å². The van der Waals surface area contributed by atoms with Crippen LogP contribution in [-0.2, 0) is 30.8 Å². The molecule has 0 bridgehead atoms. The van der Waals surface area contributed by atoms with Gasteiger partial charge in [-0.1, -0.05) is 5.92 Å². The van der Waals surface area contributed by atoms with E-state index in [2.05, 4.69) is 16.5 Å². The summed E-state index contributed by atoms with van der Waals surface area (Å²) in [4.78, 5) is 18.0. The quantitative estimate of drug-likeness (QED) is 0.543. The van der Waals surface area contributed by atoms with Crippen molar-refractivity contribution in [3.05, 3.63) is 30.0 Å². The van der Waals surface area contributed by atoms with Gasteiger partial charge in [-0.05, 0) is 44.4 Å². The standard InChI is InChI=1S/C20H25N3O5S/c1-4-15-8-9-17-16(13-15)14-21-23(17)11-10-20(2,29(3,25)26)19(24)22-28-18-7-5-6-12-27-18/h1,8-9,13-14,18H,5-7,10-12H2,2-3H3,(H,22,24)/t18?,20-/m1/s1. The van der Waals surface area contributed by atoms with E-state index in [1.54, 1.807) is 16.9 Å². The third kappa shape index (κ3) is 4.61. The number of sulfone groups is 1. The van der Waals surface area contributed by atoms with E-state index in [-0.39, 0.29) is 13.0 Å². The van der Waals surface area contributed by atoms with Crippen LogP contribution in [0.25, 0.3) is 10.9 Å². The normalized spacial score (nSPS) is 19.4. The topological polar surface area (TPSA) is 99.5 Å². The highest BCUT2D eigenvalue weighted by Crippen LogP contribution is 2.24. The maximum atomic E-state index is 12.7. The van der Waals surface area contributed by atoms with E-state index in [0.29, 0.717) is 13.0 Å². The molecule has 0 aliphatic carbocycles. The SMILES string of the molecule is C#Cc1ccc2c(cnn2CC[C@](C)(C(=O)NOC2CCCCO2)S(C)(=O)=O)c1. The summed E-state index contributed by atoms with van der Waals surface area (Å²) in [5.74, 6) is 1.85. The summed E-state index contributed by atoms with van der Waals surface area (Å²) in [5.41, 5.74) is 3.83. The van der Waals surface area contributed by atoms with E-state index >= 15 is 0 Å². The molecule has 2 atom stereocenters. The number of nitrogens with one attached hydrogen (secondary N) is 1. The number of amides is 1. The van der Waals surface area contributed by atoms with Crippen LogP contribution in [-0.4, -0.2) is 48.0 Å². The van der Waals surface area contributed by atoms with Gasteiger partial charge >= 0.3 is 0 Å². The first-order chi connectivity index (χ1) is 13.7. The zero-order chi connectivity index (χ0) is 21.1. The Labute approximate surface area is 170 Å². The third-order valence-corrected chi connectivity index (χ3v) is 7.36. The van der Waals surface area contributed by atoms with Crippen molar-refractivity contribution in [3.63, 3.8) is 0 Å². The monoisotopic (exact) mass is 419 g/mol. The van der Waals surface area contributed by atoms with Gasteiger partial charge in [-0.2, -0.15) is 5.10 Å². The molecule has 1 N–H and O–H groups in total. The average molecular weight is 420 g/mol. The summed E-state index contributed by atoms with van der Waals surface area (Å²) in [6.45, 7) is 2.18. The molecule has 1 fully saturated rings. The van der Waals surface area contributed by atoms with Gasteiger partial charge in [0, 0.05) is 36.8 Å². The number of terminal acetylenes is 1. The van der Waals surface area contributed by atoms with E-state index in [1.807, 2.05) is 12.1 Å². The van der Waals surface area contributed by atoms with E-state index in [9.17, 15) is 13.2 Å². The molecule has 1 aliphatic heterocycles. The zero-order valence-corrected chi connectivity index (χ0v) is 17.4. The number of benzene rings is 1. The summed E-state index contributed by atoms with van der Waals surface area (Å²) in [6.07, 6.45) is 10.1. The molecular weight excluding hydrogens is 394 g/mol. The molecule has 2 aromatic rings. The largest absolute Gasteiger partial charge is 0.350 e. The molecule has 3 rings (SSSR count). The van der Waals surface area contributed by atoms with Crippen LogP contribution in [0.3, 0.4) is 0 Å². The van der Waals surface area contributed by atoms with Gasteiger partial charge in [-0.25, -0.2) is 18.7 Å². The van der Waals surface area contributed by atoms with Gasteiger partial charge in [0.05, 0.1) is 11.7 Å². The van der Waals surface area contributed by atoms with Crippen molar-refractivity contribution in [1.82, 2.24) is 15.3 Å². The first-order valence-corrected chi connectivity index (χ1v) is 11.3. The second-order valence-electron chi connectivity index (χ2n) is 7.38. The van der Waals surface area contributed by atoms with Gasteiger partial charge in [0.2, 0.25) is 0 Å². The van der Waals surface area contributed by atoms with Gasteiger partial charge in [0.25, 0.3) is 5.91 Å². The molecule has 2 heterocycles. The minimum absolute atomic E-state index is 0.0280. The lowest BCUT2D eigenvalue weighted by Crippen LogP contribution is -2.51. The van der Waals surface area contributed by atoms with Gasteiger partial charge in [0.15, 0.2) is 20.9 Å². The van der Waals surface area contributed by atoms with Crippen molar-refractivity contribution in [3.8, 4) is 12.3 Å². The number of aromatic nitrogens is 2. The Morgan fingerprint density at radius 1 is 1.48 bits per heavy atom. The summed E-state index contributed by atoms with van der Waals surface area (Å²) < 4.78 is 30.3. The van der Waals surface area contributed by atoms with Crippen LogP contribution >= 0.6 is 0 Å². The average Bonchev–Trinajstić information content (AvgIpc) is 3.12. The number of rotatable bonds is 7. The molecule has 1 saturated heterocycles. The smallest absolute Gasteiger partial charge is 0.264 e. The zero-order valence-electron chi connectivity index (χ0n) is 16.6. The fourth-order valence-corrected chi connectivity index (χ4v) is 4.01. The summed E-state index contributed by atoms with van der Waals surface area (Å²) in [6, 6.07) is 5.46. The summed E-state index contributed by atoms with van der Waals surface area (Å²) in [7, 11) is -3.73. The minimum atomic E-state index is -3.73. The van der Waals surface area contributed by atoms with Crippen LogP contribution in [0.15, 0.2) is 24.4 Å². The predicted octanol–water partition coefficient (Wildman–Crippen LogP) is 1.79. The Balaban J connectivity index is 1.73. The Morgan fingerprint density at radius 3 is 2.93 bits per heavy atom. The van der Waals surface area contributed by atoms with E-state index < -0.39 is 26.8 Å². The second kappa shape index (κ2) is 8.53. The molecule has 1 aromatic carbocycles. The molecular formula is C20H25N3O5S. The van der Waals surface area contributed by atoms with Crippen molar-refractivity contribution < 1.29 is 22.8 Å². The number of carbonyl (C=O) groups excluding carboxylic acids is 1. The lowest BCUT2D eigenvalue weighted by Gasteiger charge is -2.28. The number of carbonyl (C=O) groups is 1. The molecule has 0 radical (unpaired) electrons. The Kier molecular flexibility index (Phi) is 6.27. The highest BCUT2D eigenvalue weighted by Gasteiger charge is 2.44. The summed E-state index contributed by atoms with van der Waals surface area (Å²) >= 11 is 0. The van der Waals surface area contributed by atoms with Crippen molar-refractivity contribution >= 4 is 26.6 Å². The molecule has 1 amide bonds. The van der Waals surface area contributed by atoms with Gasteiger partial charge in [-0.3, -0.25) is 9.48 Å². The number of hydrogen-bond acceptors (Lipinski definition) is 6. The minimum Gasteiger partial charge on any atom is -0.350 e. The molecule has 0 spiro atoms. The van der Waals surface area contributed by atoms with Crippen LogP contribution in [0.5, 0.6) is 0 Å². The molecule has 8 nitrogen and oxygen atoms in total. The lowest BCUT2D eigenvalue weighted by molar-refractivity contribution is -0.201. The van der Waals surface area contributed by atoms with E-state index in [1.165, 1.54) is 6.92 Å². The van der Waals surface area contributed by atoms with Crippen molar-refractivity contribution in [2.24, 2.45) is 0 Å². The Morgan fingerprint density at radius 2 is 2.28 bits per heavy atom. The maximum Gasteiger partial charge on any atom is 0.264 e. The van der Waals surface area contributed by atoms with Crippen LogP contribution in [0, 0.1) is 12.3 Å². The number of aryl methyl sites for hydroxylation is 1. The summed E-state index contributed by atoms with van der Waals surface area (Å²) in [5, 5.41) is 5.16.